The maximum absolute atomic E-state index is 13.4. The molecule has 1 atom stereocenters. The van der Waals surface area contributed by atoms with Crippen molar-refractivity contribution in [3.05, 3.63) is 69.7 Å². The minimum Gasteiger partial charge on any atom is -0.494 e. The van der Waals surface area contributed by atoms with Gasteiger partial charge in [0.2, 0.25) is 5.91 Å². The maximum Gasteiger partial charge on any atom is 0.346 e. The largest absolute Gasteiger partial charge is 0.494 e. The van der Waals surface area contributed by atoms with Gasteiger partial charge in [0.15, 0.2) is 0 Å². The molecule has 1 amide bonds. The Morgan fingerprint density at radius 1 is 1.20 bits per heavy atom. The average Bonchev–Trinajstić information content (AvgIpc) is 3.12. The highest BCUT2D eigenvalue weighted by Crippen LogP contribution is 2.49. The van der Waals surface area contributed by atoms with Crippen molar-refractivity contribution < 1.29 is 23.8 Å². The number of fused-ring (bicyclic) bond motifs is 1. The Hall–Kier alpha value is -3.19. The number of nitrogens with one attached hydrogen (secondary N) is 1. The van der Waals surface area contributed by atoms with Gasteiger partial charge in [0.05, 0.1) is 12.3 Å². The van der Waals surface area contributed by atoms with Gasteiger partial charge < -0.3 is 15.2 Å². The first-order valence-corrected chi connectivity index (χ1v) is 10.5. The zero-order valence-corrected chi connectivity index (χ0v) is 17.1. The molecule has 5 nitrogen and oxygen atoms in total. The lowest BCUT2D eigenvalue weighted by atomic mass is 9.88. The van der Waals surface area contributed by atoms with Gasteiger partial charge in [-0.15, -0.1) is 11.3 Å². The highest BCUT2D eigenvalue weighted by Gasteiger charge is 2.34. The molecule has 0 saturated heterocycles. The number of thiophene rings is 1. The van der Waals surface area contributed by atoms with Crippen molar-refractivity contribution in [2.45, 2.75) is 25.7 Å². The van der Waals surface area contributed by atoms with Gasteiger partial charge in [-0.3, -0.25) is 4.79 Å². The predicted octanol–water partition coefficient (Wildman–Crippen LogP) is 5.52. The Bertz CT molecular complexity index is 1090. The van der Waals surface area contributed by atoms with Crippen LogP contribution < -0.4 is 10.1 Å². The van der Waals surface area contributed by atoms with Crippen LogP contribution in [0.3, 0.4) is 0 Å². The summed E-state index contributed by atoms with van der Waals surface area (Å²) in [7, 11) is 0. The Morgan fingerprint density at radius 2 is 1.90 bits per heavy atom. The number of halogens is 1. The van der Waals surface area contributed by atoms with Crippen LogP contribution in [0.5, 0.6) is 5.75 Å². The highest BCUT2D eigenvalue weighted by molar-refractivity contribution is 7.15. The molecule has 0 aliphatic carbocycles. The number of carbonyl (C=O) groups is 2. The van der Waals surface area contributed by atoms with Gasteiger partial charge >= 0.3 is 5.97 Å². The van der Waals surface area contributed by atoms with E-state index in [0.29, 0.717) is 23.4 Å². The van der Waals surface area contributed by atoms with Crippen LogP contribution in [0.25, 0.3) is 11.1 Å². The number of hydrogen-bond donors (Lipinski definition) is 2. The van der Waals surface area contributed by atoms with Crippen LogP contribution in [-0.4, -0.2) is 23.6 Å². The zero-order chi connectivity index (χ0) is 21.3. The number of ether oxygens (including phenoxy) is 1. The van der Waals surface area contributed by atoms with E-state index in [-0.39, 0.29) is 23.1 Å². The normalized spacial score (nSPS) is 15.4. The van der Waals surface area contributed by atoms with Gasteiger partial charge in [-0.05, 0) is 41.8 Å². The quantitative estimate of drug-likeness (QED) is 0.546. The predicted molar refractivity (Wildman–Crippen MR) is 114 cm³/mol. The first-order valence-electron chi connectivity index (χ1n) is 9.66. The van der Waals surface area contributed by atoms with E-state index >= 15 is 0 Å². The number of carboxylic acid groups (broad SMARTS) is 1. The van der Waals surface area contributed by atoms with Crippen molar-refractivity contribution in [2.24, 2.45) is 0 Å². The lowest BCUT2D eigenvalue weighted by Gasteiger charge is -2.24. The van der Waals surface area contributed by atoms with Gasteiger partial charge in [0.1, 0.15) is 16.4 Å². The molecule has 2 aromatic carbocycles. The summed E-state index contributed by atoms with van der Waals surface area (Å²) in [5.74, 6) is -1.18. The van der Waals surface area contributed by atoms with Gasteiger partial charge in [-0.25, -0.2) is 9.18 Å². The van der Waals surface area contributed by atoms with E-state index in [1.165, 1.54) is 24.3 Å². The number of aromatic carboxylic acids is 1. The molecule has 2 N–H and O–H groups in total. The topological polar surface area (TPSA) is 75.6 Å². The SMILES string of the molecule is CCCOc1ccc([C@@H]2CC(=O)Nc3c2sc(C(=O)O)c3-c2ccc(F)cc2)cc1. The third-order valence-electron chi connectivity index (χ3n) is 4.99. The summed E-state index contributed by atoms with van der Waals surface area (Å²) in [6.07, 6.45) is 1.14. The molecule has 1 aliphatic heterocycles. The molecule has 0 unspecified atom stereocenters. The minimum absolute atomic E-state index is 0.127. The molecule has 1 aliphatic rings. The lowest BCUT2D eigenvalue weighted by molar-refractivity contribution is -0.116. The van der Waals surface area contributed by atoms with Crippen LogP contribution >= 0.6 is 11.3 Å². The summed E-state index contributed by atoms with van der Waals surface area (Å²) in [4.78, 5) is 25.4. The Morgan fingerprint density at radius 3 is 2.53 bits per heavy atom. The average molecular weight is 425 g/mol. The van der Waals surface area contributed by atoms with E-state index in [4.69, 9.17) is 4.74 Å². The Balaban J connectivity index is 1.79. The molecule has 0 fully saturated rings. The molecule has 0 spiro atoms. The van der Waals surface area contributed by atoms with Crippen LogP contribution in [0, 0.1) is 5.82 Å². The minimum atomic E-state index is -1.08. The summed E-state index contributed by atoms with van der Waals surface area (Å²) in [6, 6.07) is 13.2. The summed E-state index contributed by atoms with van der Waals surface area (Å²) < 4.78 is 19.0. The lowest BCUT2D eigenvalue weighted by Crippen LogP contribution is -2.22. The van der Waals surface area contributed by atoms with E-state index in [1.54, 1.807) is 0 Å². The molecule has 0 bridgehead atoms. The molecule has 3 aromatic rings. The molecule has 1 aromatic heterocycles. The molecular formula is C23H20FNO4S. The van der Waals surface area contributed by atoms with Crippen molar-refractivity contribution in [3.63, 3.8) is 0 Å². The summed E-state index contributed by atoms with van der Waals surface area (Å²) >= 11 is 1.15. The van der Waals surface area contributed by atoms with E-state index in [2.05, 4.69) is 5.32 Å². The third-order valence-corrected chi connectivity index (χ3v) is 6.28. The van der Waals surface area contributed by atoms with Crippen LogP contribution in [0.15, 0.2) is 48.5 Å². The highest BCUT2D eigenvalue weighted by atomic mass is 32.1. The van der Waals surface area contributed by atoms with Crippen molar-refractivity contribution in [1.82, 2.24) is 0 Å². The van der Waals surface area contributed by atoms with Crippen LogP contribution in [0.2, 0.25) is 0 Å². The molecule has 0 radical (unpaired) electrons. The second-order valence-electron chi connectivity index (χ2n) is 7.08. The van der Waals surface area contributed by atoms with Crippen LogP contribution in [-0.2, 0) is 4.79 Å². The molecule has 4 rings (SSSR count). The summed E-state index contributed by atoms with van der Waals surface area (Å²) in [5.41, 5.74) is 2.38. The Kier molecular flexibility index (Phi) is 5.55. The first kappa shape index (κ1) is 20.1. The summed E-state index contributed by atoms with van der Waals surface area (Å²) in [6.45, 7) is 2.66. The number of amides is 1. The van der Waals surface area contributed by atoms with Crippen molar-refractivity contribution >= 4 is 28.9 Å². The standard InChI is InChI=1S/C23H20FNO4S/c1-2-11-29-16-9-5-13(6-10-16)17-12-18(26)25-20-19(14-3-7-15(24)8-4-14)22(23(27)28)30-21(17)20/h3-10,17H,2,11-12H2,1H3,(H,25,26)(H,27,28)/t17-/m0/s1. The van der Waals surface area contributed by atoms with Gasteiger partial charge in [-0.2, -0.15) is 0 Å². The first-order chi connectivity index (χ1) is 14.5. The summed E-state index contributed by atoms with van der Waals surface area (Å²) in [5, 5.41) is 12.6. The third kappa shape index (κ3) is 3.80. The molecule has 30 heavy (non-hydrogen) atoms. The maximum atomic E-state index is 13.4. The fourth-order valence-corrected chi connectivity index (χ4v) is 4.86. The molecule has 0 saturated carbocycles. The van der Waals surface area contributed by atoms with Crippen LogP contribution in [0.1, 0.15) is 45.8 Å². The zero-order valence-electron chi connectivity index (χ0n) is 16.3. The number of benzene rings is 2. The number of rotatable bonds is 6. The fraction of sp³-hybridized carbons (Fsp3) is 0.217. The van der Waals surface area contributed by atoms with E-state index in [0.717, 1.165) is 33.9 Å². The van der Waals surface area contributed by atoms with Gasteiger partial charge in [-0.1, -0.05) is 31.2 Å². The second kappa shape index (κ2) is 8.28. The number of hydrogen-bond acceptors (Lipinski definition) is 4. The van der Waals surface area contributed by atoms with E-state index in [9.17, 15) is 19.1 Å². The van der Waals surface area contributed by atoms with Gasteiger partial charge in [0.25, 0.3) is 0 Å². The molecular weight excluding hydrogens is 405 g/mol. The number of carboxylic acids is 1. The second-order valence-corrected chi connectivity index (χ2v) is 8.13. The smallest absolute Gasteiger partial charge is 0.346 e. The van der Waals surface area contributed by atoms with E-state index < -0.39 is 11.8 Å². The van der Waals surface area contributed by atoms with Crippen molar-refractivity contribution in [2.75, 3.05) is 11.9 Å². The molecule has 7 heteroatoms. The fourth-order valence-electron chi connectivity index (χ4n) is 3.61. The monoisotopic (exact) mass is 425 g/mol. The Labute approximate surface area is 177 Å². The van der Waals surface area contributed by atoms with Crippen molar-refractivity contribution in [3.8, 4) is 16.9 Å². The van der Waals surface area contributed by atoms with E-state index in [1.807, 2.05) is 31.2 Å². The number of carbonyl (C=O) groups excluding carboxylic acids is 1. The molecule has 2 heterocycles. The van der Waals surface area contributed by atoms with Crippen molar-refractivity contribution in [1.29, 1.82) is 0 Å². The van der Waals surface area contributed by atoms with Crippen LogP contribution in [0.4, 0.5) is 10.1 Å². The van der Waals surface area contributed by atoms with Gasteiger partial charge in [0, 0.05) is 22.8 Å². The number of anilines is 1. The molecule has 154 valence electrons.